The van der Waals surface area contributed by atoms with Gasteiger partial charge in [0.15, 0.2) is 0 Å². The molecule has 0 atom stereocenters. The molecule has 2 rings (SSSR count). The Morgan fingerprint density at radius 2 is 2.26 bits per heavy atom. The van der Waals surface area contributed by atoms with Crippen LogP contribution >= 0.6 is 11.3 Å². The Morgan fingerprint density at radius 1 is 1.42 bits per heavy atom. The van der Waals surface area contributed by atoms with Gasteiger partial charge in [-0.15, -0.1) is 11.3 Å². The van der Waals surface area contributed by atoms with Gasteiger partial charge in [-0.05, 0) is 18.1 Å². The van der Waals surface area contributed by atoms with Crippen molar-refractivity contribution in [2.45, 2.75) is 26.8 Å². The molecule has 2 aromatic rings. The van der Waals surface area contributed by atoms with Crippen molar-refractivity contribution in [1.29, 1.82) is 0 Å². The van der Waals surface area contributed by atoms with Crippen molar-refractivity contribution in [3.05, 3.63) is 35.5 Å². The largest absolute Gasteiger partial charge is 0.350 e. The molecule has 0 aliphatic carbocycles. The van der Waals surface area contributed by atoms with Gasteiger partial charge in [0.05, 0.1) is 17.9 Å². The molecule has 4 nitrogen and oxygen atoms in total. The van der Waals surface area contributed by atoms with Crippen molar-refractivity contribution >= 4 is 17.2 Å². The fourth-order valence-corrected chi connectivity index (χ4v) is 2.42. The first-order valence-electron chi connectivity index (χ1n) is 6.27. The van der Waals surface area contributed by atoms with Crippen molar-refractivity contribution in [2.75, 3.05) is 0 Å². The minimum absolute atomic E-state index is 0.0717. The highest BCUT2D eigenvalue weighted by atomic mass is 32.1. The van der Waals surface area contributed by atoms with Crippen LogP contribution in [0.4, 0.5) is 0 Å². The van der Waals surface area contributed by atoms with E-state index in [2.05, 4.69) is 15.3 Å². The number of nitrogens with zero attached hydrogens (tertiary/aromatic N) is 2. The summed E-state index contributed by atoms with van der Waals surface area (Å²) in [6.07, 6.45) is 2.30. The fourth-order valence-electron chi connectivity index (χ4n) is 1.63. The number of aromatic nitrogens is 2. The number of carbonyl (C=O) groups is 1. The first kappa shape index (κ1) is 13.7. The van der Waals surface area contributed by atoms with E-state index < -0.39 is 0 Å². The zero-order chi connectivity index (χ0) is 13.7. The smallest absolute Gasteiger partial charge is 0.220 e. The Kier molecular flexibility index (Phi) is 4.63. The number of nitrogens with one attached hydrogen (secondary N) is 1. The first-order valence-corrected chi connectivity index (χ1v) is 7.15. The molecule has 0 aliphatic rings. The number of carbonyl (C=O) groups excluding carboxylic acids is 1. The first-order chi connectivity index (χ1) is 9.15. The molecule has 5 heteroatoms. The average molecular weight is 275 g/mol. The molecule has 0 aromatic carbocycles. The Labute approximate surface area is 116 Å². The average Bonchev–Trinajstić information content (AvgIpc) is 2.85. The Balaban J connectivity index is 1.93. The molecule has 0 fully saturated rings. The van der Waals surface area contributed by atoms with E-state index in [1.54, 1.807) is 17.5 Å². The van der Waals surface area contributed by atoms with Gasteiger partial charge >= 0.3 is 0 Å². The van der Waals surface area contributed by atoms with Gasteiger partial charge in [-0.25, -0.2) is 4.98 Å². The normalized spacial score (nSPS) is 10.7. The number of hydrogen-bond donors (Lipinski definition) is 1. The zero-order valence-corrected chi connectivity index (χ0v) is 11.9. The maximum atomic E-state index is 11.6. The minimum Gasteiger partial charge on any atom is -0.350 e. The van der Waals surface area contributed by atoms with Crippen molar-refractivity contribution in [1.82, 2.24) is 15.3 Å². The van der Waals surface area contributed by atoms with Gasteiger partial charge in [0.2, 0.25) is 5.91 Å². The highest BCUT2D eigenvalue weighted by molar-refractivity contribution is 7.13. The van der Waals surface area contributed by atoms with Crippen LogP contribution in [0.1, 0.15) is 26.0 Å². The van der Waals surface area contributed by atoms with E-state index >= 15 is 0 Å². The standard InChI is InChI=1S/C14H17N3OS/c1-10(2)7-13(18)16-8-11-9-19-14(17-11)12-5-3-4-6-15-12/h3-6,9-10H,7-8H2,1-2H3,(H,16,18). The summed E-state index contributed by atoms with van der Waals surface area (Å²) < 4.78 is 0. The van der Waals surface area contributed by atoms with Crippen molar-refractivity contribution in [3.63, 3.8) is 0 Å². The topological polar surface area (TPSA) is 54.9 Å². The van der Waals surface area contributed by atoms with Gasteiger partial charge in [-0.1, -0.05) is 19.9 Å². The van der Waals surface area contributed by atoms with Crippen LogP contribution < -0.4 is 5.32 Å². The van der Waals surface area contributed by atoms with Gasteiger partial charge in [0.1, 0.15) is 5.01 Å². The molecule has 1 amide bonds. The fraction of sp³-hybridized carbons (Fsp3) is 0.357. The molecule has 0 saturated heterocycles. The molecule has 0 radical (unpaired) electrons. The van der Waals surface area contributed by atoms with Gasteiger partial charge in [-0.3, -0.25) is 9.78 Å². The Morgan fingerprint density at radius 3 is 2.95 bits per heavy atom. The van der Waals surface area contributed by atoms with Gasteiger partial charge in [0.25, 0.3) is 0 Å². The SMILES string of the molecule is CC(C)CC(=O)NCc1csc(-c2ccccn2)n1. The van der Waals surface area contributed by atoms with Gasteiger partial charge in [0, 0.05) is 18.0 Å². The molecular weight excluding hydrogens is 258 g/mol. The molecule has 1 N–H and O–H groups in total. The molecule has 19 heavy (non-hydrogen) atoms. The summed E-state index contributed by atoms with van der Waals surface area (Å²) in [4.78, 5) is 20.3. The number of amides is 1. The minimum atomic E-state index is 0.0717. The predicted octanol–water partition coefficient (Wildman–Crippen LogP) is 2.87. The highest BCUT2D eigenvalue weighted by Crippen LogP contribution is 2.21. The molecule has 2 aromatic heterocycles. The summed E-state index contributed by atoms with van der Waals surface area (Å²) in [6.45, 7) is 4.54. The summed E-state index contributed by atoms with van der Waals surface area (Å²) in [7, 11) is 0. The lowest BCUT2D eigenvalue weighted by Crippen LogP contribution is -2.24. The van der Waals surface area contributed by atoms with Crippen LogP contribution in [0, 0.1) is 5.92 Å². The number of thiazole rings is 1. The van der Waals surface area contributed by atoms with E-state index in [1.165, 1.54) is 0 Å². The third-order valence-corrected chi connectivity index (χ3v) is 3.41. The van der Waals surface area contributed by atoms with E-state index in [0.717, 1.165) is 16.4 Å². The molecule has 0 bridgehead atoms. The lowest BCUT2D eigenvalue weighted by molar-refractivity contribution is -0.121. The maximum absolute atomic E-state index is 11.6. The monoisotopic (exact) mass is 275 g/mol. The summed E-state index contributed by atoms with van der Waals surface area (Å²) in [5.74, 6) is 0.446. The molecule has 0 spiro atoms. The van der Waals surface area contributed by atoms with Crippen LogP contribution in [0.5, 0.6) is 0 Å². The third kappa shape index (κ3) is 4.13. The van der Waals surface area contributed by atoms with E-state index in [9.17, 15) is 4.79 Å². The summed E-state index contributed by atoms with van der Waals surface area (Å²) in [5, 5.41) is 5.72. The number of hydrogen-bond acceptors (Lipinski definition) is 4. The molecule has 100 valence electrons. The third-order valence-electron chi connectivity index (χ3n) is 2.50. The second-order valence-electron chi connectivity index (χ2n) is 4.73. The van der Waals surface area contributed by atoms with E-state index in [0.29, 0.717) is 18.9 Å². The summed E-state index contributed by atoms with van der Waals surface area (Å²) in [5.41, 5.74) is 1.75. The highest BCUT2D eigenvalue weighted by Gasteiger charge is 2.08. The Bertz CT molecular complexity index is 537. The second-order valence-corrected chi connectivity index (χ2v) is 5.59. The lowest BCUT2D eigenvalue weighted by atomic mass is 10.1. The van der Waals surface area contributed by atoms with Crippen LogP contribution in [-0.4, -0.2) is 15.9 Å². The van der Waals surface area contributed by atoms with Crippen LogP contribution in [0.3, 0.4) is 0 Å². The molecule has 0 saturated carbocycles. The number of rotatable bonds is 5. The van der Waals surface area contributed by atoms with Crippen LogP contribution in [-0.2, 0) is 11.3 Å². The number of pyridine rings is 1. The molecular formula is C14H17N3OS. The zero-order valence-electron chi connectivity index (χ0n) is 11.1. The Hall–Kier alpha value is -1.75. The summed E-state index contributed by atoms with van der Waals surface area (Å²) >= 11 is 1.54. The lowest BCUT2D eigenvalue weighted by Gasteiger charge is -2.05. The quantitative estimate of drug-likeness (QED) is 0.913. The second kappa shape index (κ2) is 6.43. The molecule has 0 aliphatic heterocycles. The van der Waals surface area contributed by atoms with Crippen molar-refractivity contribution in [3.8, 4) is 10.7 Å². The van der Waals surface area contributed by atoms with Crippen LogP contribution in [0.25, 0.3) is 10.7 Å². The van der Waals surface area contributed by atoms with Crippen molar-refractivity contribution in [2.24, 2.45) is 5.92 Å². The summed E-state index contributed by atoms with van der Waals surface area (Å²) in [6, 6.07) is 5.75. The molecule has 0 unspecified atom stereocenters. The van der Waals surface area contributed by atoms with E-state index in [1.807, 2.05) is 37.4 Å². The van der Waals surface area contributed by atoms with E-state index in [-0.39, 0.29) is 5.91 Å². The maximum Gasteiger partial charge on any atom is 0.220 e. The molecule has 2 heterocycles. The van der Waals surface area contributed by atoms with Gasteiger partial charge in [-0.2, -0.15) is 0 Å². The van der Waals surface area contributed by atoms with Crippen LogP contribution in [0.2, 0.25) is 0 Å². The van der Waals surface area contributed by atoms with E-state index in [4.69, 9.17) is 0 Å². The predicted molar refractivity (Wildman–Crippen MR) is 76.6 cm³/mol. The van der Waals surface area contributed by atoms with Gasteiger partial charge < -0.3 is 5.32 Å². The van der Waals surface area contributed by atoms with Crippen molar-refractivity contribution < 1.29 is 4.79 Å². The van der Waals surface area contributed by atoms with Crippen LogP contribution in [0.15, 0.2) is 29.8 Å².